The molecule has 1 saturated carbocycles. The predicted octanol–water partition coefficient (Wildman–Crippen LogP) is 3.69. The number of fused-ring (bicyclic) bond motifs is 2. The molecule has 4 unspecified atom stereocenters. The van der Waals surface area contributed by atoms with Crippen molar-refractivity contribution in [2.24, 2.45) is 23.7 Å². The lowest BCUT2D eigenvalue weighted by Gasteiger charge is -2.34. The molecule has 3 N–H and O–H groups in total. The van der Waals surface area contributed by atoms with Crippen molar-refractivity contribution in [3.05, 3.63) is 66.6 Å². The maximum Gasteiger partial charge on any atom is 0.152 e. The molecule has 6 rings (SSSR count). The third-order valence-electron chi connectivity index (χ3n) is 6.56. The van der Waals surface area contributed by atoms with Crippen molar-refractivity contribution in [2.75, 3.05) is 5.32 Å². The third-order valence-corrected chi connectivity index (χ3v) is 6.56. The molecular formula is C25H24FN7O. The molecule has 3 aliphatic rings. The van der Waals surface area contributed by atoms with Crippen LogP contribution in [0.3, 0.4) is 0 Å². The molecule has 0 saturated heterocycles. The molecule has 2 aliphatic carbocycles. The molecule has 2 aromatic heterocycles. The normalized spacial score (nSPS) is 25.4. The summed E-state index contributed by atoms with van der Waals surface area (Å²) >= 11 is 0. The Morgan fingerprint density at radius 1 is 1.18 bits per heavy atom. The first kappa shape index (κ1) is 20.7. The second-order valence-electron chi connectivity index (χ2n) is 8.82. The maximum atomic E-state index is 15.4. The summed E-state index contributed by atoms with van der Waals surface area (Å²) in [6.45, 7) is 0. The highest BCUT2D eigenvalue weighted by atomic mass is 19.1. The van der Waals surface area contributed by atoms with E-state index >= 15 is 4.39 Å². The summed E-state index contributed by atoms with van der Waals surface area (Å²) in [4.78, 5) is 13.2. The average Bonchev–Trinajstić information content (AvgIpc) is 3.29. The van der Waals surface area contributed by atoms with Gasteiger partial charge < -0.3 is 15.8 Å². The molecule has 8 nitrogen and oxygen atoms in total. The van der Waals surface area contributed by atoms with Crippen LogP contribution in [0.4, 0.5) is 10.2 Å². The number of hydrogen-bond donors (Lipinski definition) is 2. The number of ether oxygens (including phenoxy) is 1. The fraction of sp³-hybridized carbons (Fsp3) is 0.280. The van der Waals surface area contributed by atoms with E-state index in [1.54, 1.807) is 29.2 Å². The number of nitrogens with one attached hydrogen (secondary N) is 1. The summed E-state index contributed by atoms with van der Waals surface area (Å²) < 4.78 is 23.5. The van der Waals surface area contributed by atoms with Crippen LogP contribution in [-0.2, 0) is 7.05 Å². The molecule has 0 radical (unpaired) electrons. The summed E-state index contributed by atoms with van der Waals surface area (Å²) in [6.07, 6.45) is 14.5. The Labute approximate surface area is 195 Å². The number of hydrogen-bond acceptors (Lipinski definition) is 7. The molecule has 4 atom stereocenters. The molecule has 1 aromatic carbocycles. The monoisotopic (exact) mass is 457 g/mol. The summed E-state index contributed by atoms with van der Waals surface area (Å²) in [6, 6.07) is 3.90. The molecule has 1 aliphatic heterocycles. The highest BCUT2D eigenvalue weighted by molar-refractivity contribution is 5.98. The van der Waals surface area contributed by atoms with Crippen LogP contribution >= 0.6 is 0 Å². The second kappa shape index (κ2) is 8.18. The summed E-state index contributed by atoms with van der Waals surface area (Å²) in [5.41, 5.74) is 9.84. The SMILES string of the molecule is Cn1cc(-c2cc(OC3CCC3N)c3c(NC4=CC=C5N=CC=CC5C4F)ncnc3c2)cn1. The third kappa shape index (κ3) is 3.58. The van der Waals surface area contributed by atoms with Gasteiger partial charge in [-0.3, -0.25) is 9.67 Å². The molecule has 1 fully saturated rings. The largest absolute Gasteiger partial charge is 0.488 e. The van der Waals surface area contributed by atoms with Crippen molar-refractivity contribution in [1.29, 1.82) is 0 Å². The fourth-order valence-electron chi connectivity index (χ4n) is 4.48. The van der Waals surface area contributed by atoms with Gasteiger partial charge in [0.15, 0.2) is 6.17 Å². The van der Waals surface area contributed by atoms with E-state index in [0.717, 1.165) is 24.0 Å². The lowest BCUT2D eigenvalue weighted by molar-refractivity contribution is 0.0949. The first-order valence-electron chi connectivity index (χ1n) is 11.3. The van der Waals surface area contributed by atoms with Gasteiger partial charge in [0, 0.05) is 31.1 Å². The van der Waals surface area contributed by atoms with Crippen molar-refractivity contribution in [1.82, 2.24) is 19.7 Å². The van der Waals surface area contributed by atoms with Gasteiger partial charge in [-0.05, 0) is 48.8 Å². The maximum absolute atomic E-state index is 15.4. The minimum absolute atomic E-state index is 0.0170. The second-order valence-corrected chi connectivity index (χ2v) is 8.82. The number of anilines is 1. The summed E-state index contributed by atoms with van der Waals surface area (Å²) in [7, 11) is 1.87. The molecule has 9 heteroatoms. The summed E-state index contributed by atoms with van der Waals surface area (Å²) in [5.74, 6) is 0.677. The molecule has 172 valence electrons. The van der Waals surface area contributed by atoms with Crippen LogP contribution in [0.2, 0.25) is 0 Å². The number of aryl methyl sites for hydroxylation is 1. The van der Waals surface area contributed by atoms with Crippen molar-refractivity contribution < 1.29 is 9.13 Å². The standard InChI is InChI=1S/C25H24FN7O/c1-33-12-15(11-31-33)14-9-20-23(22(10-14)34-21-7-4-17(21)27)25(30-13-29-20)32-19-6-5-18-16(24(19)26)3-2-8-28-18/h2-3,5-6,8-13,16-17,21,24H,4,7,27H2,1H3,(H,29,30,32). The zero-order valence-electron chi connectivity index (χ0n) is 18.6. The number of alkyl halides is 1. The molecule has 3 heterocycles. The summed E-state index contributed by atoms with van der Waals surface area (Å²) in [5, 5.41) is 8.18. The zero-order chi connectivity index (χ0) is 23.2. The lowest BCUT2D eigenvalue weighted by Crippen LogP contribution is -2.47. The van der Waals surface area contributed by atoms with E-state index in [-0.39, 0.29) is 12.1 Å². The number of nitrogens with two attached hydrogens (primary N) is 1. The number of aromatic nitrogens is 4. The average molecular weight is 458 g/mol. The van der Waals surface area contributed by atoms with E-state index in [2.05, 4.69) is 25.4 Å². The number of rotatable bonds is 5. The highest BCUT2D eigenvalue weighted by Crippen LogP contribution is 2.39. The fourth-order valence-corrected chi connectivity index (χ4v) is 4.48. The van der Waals surface area contributed by atoms with E-state index in [9.17, 15) is 0 Å². The number of nitrogens with zero attached hydrogens (tertiary/aromatic N) is 5. The first-order valence-corrected chi connectivity index (χ1v) is 11.3. The molecule has 34 heavy (non-hydrogen) atoms. The molecular weight excluding hydrogens is 433 g/mol. The van der Waals surface area contributed by atoms with Crippen molar-refractivity contribution in [3.63, 3.8) is 0 Å². The smallest absolute Gasteiger partial charge is 0.152 e. The number of benzene rings is 1. The quantitative estimate of drug-likeness (QED) is 0.606. The van der Waals surface area contributed by atoms with Gasteiger partial charge in [0.05, 0.1) is 34.4 Å². The van der Waals surface area contributed by atoms with Gasteiger partial charge in [0.1, 0.15) is 24.0 Å². The highest BCUT2D eigenvalue weighted by Gasteiger charge is 2.32. The number of dihydropyridines is 1. The van der Waals surface area contributed by atoms with Crippen molar-refractivity contribution in [2.45, 2.75) is 31.2 Å². The predicted molar refractivity (Wildman–Crippen MR) is 129 cm³/mol. The van der Waals surface area contributed by atoms with Gasteiger partial charge in [0.2, 0.25) is 0 Å². The first-order chi connectivity index (χ1) is 16.6. The Kier molecular flexibility index (Phi) is 4.99. The van der Waals surface area contributed by atoms with E-state index < -0.39 is 12.1 Å². The number of halogens is 1. The van der Waals surface area contributed by atoms with Gasteiger partial charge in [-0.15, -0.1) is 0 Å². The van der Waals surface area contributed by atoms with Crippen LogP contribution in [0.1, 0.15) is 12.8 Å². The molecule has 0 amide bonds. The van der Waals surface area contributed by atoms with Crippen LogP contribution < -0.4 is 15.8 Å². The Morgan fingerprint density at radius 2 is 2.09 bits per heavy atom. The van der Waals surface area contributed by atoms with Gasteiger partial charge in [-0.25, -0.2) is 14.4 Å². The van der Waals surface area contributed by atoms with Crippen LogP contribution in [-0.4, -0.2) is 44.3 Å². The Morgan fingerprint density at radius 3 is 2.85 bits per heavy atom. The Bertz CT molecular complexity index is 1390. The minimum Gasteiger partial charge on any atom is -0.488 e. The molecule has 3 aromatic rings. The van der Waals surface area contributed by atoms with Gasteiger partial charge >= 0.3 is 0 Å². The van der Waals surface area contributed by atoms with Crippen LogP contribution in [0.15, 0.2) is 71.5 Å². The van der Waals surface area contributed by atoms with E-state index in [0.29, 0.717) is 33.9 Å². The van der Waals surface area contributed by atoms with E-state index in [1.807, 2.05) is 37.5 Å². The molecule has 0 bridgehead atoms. The van der Waals surface area contributed by atoms with Crippen molar-refractivity contribution >= 4 is 22.9 Å². The number of aliphatic imine (C=N–C) groups is 1. The molecule has 0 spiro atoms. The number of allylic oxidation sites excluding steroid dienone is 5. The van der Waals surface area contributed by atoms with Gasteiger partial charge in [0.25, 0.3) is 0 Å². The minimum atomic E-state index is -1.27. The zero-order valence-corrected chi connectivity index (χ0v) is 18.6. The van der Waals surface area contributed by atoms with Gasteiger partial charge in [-0.1, -0.05) is 6.08 Å². The van der Waals surface area contributed by atoms with E-state index in [4.69, 9.17) is 10.5 Å². The van der Waals surface area contributed by atoms with Crippen LogP contribution in [0.5, 0.6) is 5.75 Å². The lowest BCUT2D eigenvalue weighted by atomic mass is 9.90. The van der Waals surface area contributed by atoms with Gasteiger partial charge in [-0.2, -0.15) is 5.10 Å². The Hall–Kier alpha value is -3.85. The van der Waals surface area contributed by atoms with Crippen LogP contribution in [0.25, 0.3) is 22.0 Å². The van der Waals surface area contributed by atoms with E-state index in [1.165, 1.54) is 6.33 Å². The topological polar surface area (TPSA) is 103 Å². The van der Waals surface area contributed by atoms with Crippen molar-refractivity contribution in [3.8, 4) is 16.9 Å². The Balaban J connectivity index is 1.43. The van der Waals surface area contributed by atoms with Crippen LogP contribution in [0, 0.1) is 5.92 Å².